The van der Waals surface area contributed by atoms with Crippen LogP contribution in [0.5, 0.6) is 0 Å². The Balaban J connectivity index is 2.03. The molecule has 1 fully saturated rings. The number of nitrogens with one attached hydrogen (secondary N) is 1. The van der Waals surface area contributed by atoms with Crippen LogP contribution in [0.15, 0.2) is 24.3 Å². The van der Waals surface area contributed by atoms with Gasteiger partial charge in [0.1, 0.15) is 6.04 Å². The van der Waals surface area contributed by atoms with Gasteiger partial charge < -0.3 is 21.1 Å². The third-order valence-electron chi connectivity index (χ3n) is 4.65. The molecule has 26 heavy (non-hydrogen) atoms. The number of carbonyl (C=O) groups is 2. The number of terminal acetylenes is 1. The van der Waals surface area contributed by atoms with Crippen molar-refractivity contribution in [1.29, 1.82) is 0 Å². The van der Waals surface area contributed by atoms with Crippen LogP contribution in [-0.2, 0) is 16.1 Å². The second-order valence-electron chi connectivity index (χ2n) is 7.80. The molecule has 2 amide bonds. The number of nitrogens with two attached hydrogens (primary N) is 1. The highest BCUT2D eigenvalue weighted by Gasteiger charge is 2.42. The van der Waals surface area contributed by atoms with Gasteiger partial charge in [0.15, 0.2) is 0 Å². The van der Waals surface area contributed by atoms with Crippen LogP contribution in [0.4, 0.5) is 0 Å². The van der Waals surface area contributed by atoms with Gasteiger partial charge in [-0.1, -0.05) is 38.8 Å². The van der Waals surface area contributed by atoms with E-state index in [4.69, 9.17) is 12.2 Å². The van der Waals surface area contributed by atoms with Crippen LogP contribution >= 0.6 is 0 Å². The summed E-state index contributed by atoms with van der Waals surface area (Å²) in [7, 11) is 0. The van der Waals surface area contributed by atoms with Crippen LogP contribution in [0.1, 0.15) is 38.3 Å². The van der Waals surface area contributed by atoms with Gasteiger partial charge in [-0.25, -0.2) is 0 Å². The van der Waals surface area contributed by atoms with E-state index in [9.17, 15) is 14.7 Å². The van der Waals surface area contributed by atoms with Gasteiger partial charge in [0.2, 0.25) is 11.8 Å². The van der Waals surface area contributed by atoms with Crippen molar-refractivity contribution in [2.75, 3.05) is 6.54 Å². The summed E-state index contributed by atoms with van der Waals surface area (Å²) in [6.45, 7) is 6.06. The average Bonchev–Trinajstić information content (AvgIpc) is 2.99. The van der Waals surface area contributed by atoms with Crippen LogP contribution in [0.2, 0.25) is 0 Å². The highest BCUT2D eigenvalue weighted by atomic mass is 16.3. The monoisotopic (exact) mass is 357 g/mol. The molecular formula is C20H27N3O3. The minimum absolute atomic E-state index is 0.123. The Morgan fingerprint density at radius 2 is 2.00 bits per heavy atom. The van der Waals surface area contributed by atoms with Crippen molar-refractivity contribution in [3.8, 4) is 12.3 Å². The smallest absolute Gasteiger partial charge is 0.243 e. The fourth-order valence-corrected chi connectivity index (χ4v) is 2.88. The van der Waals surface area contributed by atoms with Crippen molar-refractivity contribution in [3.63, 3.8) is 0 Å². The van der Waals surface area contributed by atoms with Crippen LogP contribution in [0, 0.1) is 17.8 Å². The van der Waals surface area contributed by atoms with Gasteiger partial charge in [-0.15, -0.1) is 6.42 Å². The summed E-state index contributed by atoms with van der Waals surface area (Å²) >= 11 is 0. The topological polar surface area (TPSA) is 95.7 Å². The number of amides is 2. The fourth-order valence-electron chi connectivity index (χ4n) is 2.88. The van der Waals surface area contributed by atoms with Crippen molar-refractivity contribution < 1.29 is 14.7 Å². The molecule has 1 aromatic rings. The lowest BCUT2D eigenvalue weighted by Crippen LogP contribution is -2.54. The van der Waals surface area contributed by atoms with Crippen molar-refractivity contribution in [3.05, 3.63) is 35.4 Å². The maximum Gasteiger partial charge on any atom is 0.243 e. The summed E-state index contributed by atoms with van der Waals surface area (Å²) in [4.78, 5) is 26.7. The van der Waals surface area contributed by atoms with E-state index in [1.54, 1.807) is 12.1 Å². The van der Waals surface area contributed by atoms with E-state index in [0.29, 0.717) is 6.54 Å². The minimum Gasteiger partial charge on any atom is -0.391 e. The lowest BCUT2D eigenvalue weighted by molar-refractivity contribution is -0.141. The first-order valence-corrected chi connectivity index (χ1v) is 8.71. The maximum atomic E-state index is 12.7. The summed E-state index contributed by atoms with van der Waals surface area (Å²) in [5, 5.41) is 12.8. The lowest BCUT2D eigenvalue weighted by Gasteiger charge is -2.32. The average molecular weight is 357 g/mol. The molecule has 3 unspecified atom stereocenters. The third-order valence-corrected chi connectivity index (χ3v) is 4.65. The normalized spacial score (nSPS) is 21.2. The van der Waals surface area contributed by atoms with Crippen LogP contribution in [-0.4, -0.2) is 46.6 Å². The zero-order valence-corrected chi connectivity index (χ0v) is 15.5. The Bertz CT molecular complexity index is 700. The largest absolute Gasteiger partial charge is 0.391 e. The summed E-state index contributed by atoms with van der Waals surface area (Å²) in [5.74, 6) is 1.93. The Kier molecular flexibility index (Phi) is 6.06. The fraction of sp³-hybridized carbons (Fsp3) is 0.500. The molecular weight excluding hydrogens is 330 g/mol. The molecule has 1 heterocycles. The molecule has 1 saturated heterocycles. The van der Waals surface area contributed by atoms with Crippen LogP contribution in [0.3, 0.4) is 0 Å². The predicted octanol–water partition coefficient (Wildman–Crippen LogP) is 0.619. The first-order chi connectivity index (χ1) is 12.1. The number of hydrogen-bond acceptors (Lipinski definition) is 4. The predicted molar refractivity (Wildman–Crippen MR) is 99.8 cm³/mol. The summed E-state index contributed by atoms with van der Waals surface area (Å²) < 4.78 is 0. The Morgan fingerprint density at radius 1 is 1.38 bits per heavy atom. The number of carbonyl (C=O) groups excluding carboxylic acids is 2. The van der Waals surface area contributed by atoms with E-state index in [1.807, 2.05) is 32.9 Å². The van der Waals surface area contributed by atoms with Gasteiger partial charge in [-0.05, 0) is 23.1 Å². The number of nitrogens with zero attached hydrogens (tertiary/aromatic N) is 1. The molecule has 6 nitrogen and oxygen atoms in total. The zero-order chi connectivity index (χ0) is 19.5. The second-order valence-corrected chi connectivity index (χ2v) is 7.80. The number of benzene rings is 1. The third kappa shape index (κ3) is 4.63. The van der Waals surface area contributed by atoms with Crippen molar-refractivity contribution in [2.45, 2.75) is 51.9 Å². The second kappa shape index (κ2) is 7.90. The first-order valence-electron chi connectivity index (χ1n) is 8.71. The Labute approximate surface area is 154 Å². The van der Waals surface area contributed by atoms with Crippen molar-refractivity contribution >= 4 is 11.8 Å². The molecule has 140 valence electrons. The molecule has 0 saturated carbocycles. The molecule has 2 rings (SSSR count). The number of rotatable bonds is 4. The molecule has 0 aliphatic carbocycles. The van der Waals surface area contributed by atoms with E-state index >= 15 is 0 Å². The standard InChI is InChI=1S/C20H27N3O3/c1-5-13-6-8-14(9-7-13)11-22-18(25)16-10-15(24)12-23(16)19(26)17(21)20(2,3)4/h1,6-9,15-17,24H,10-12,21H2,2-4H3,(H,22,25). The van der Waals surface area contributed by atoms with Crippen LogP contribution < -0.4 is 11.1 Å². The quantitative estimate of drug-likeness (QED) is 0.689. The van der Waals surface area contributed by atoms with Gasteiger partial charge in [0.05, 0.1) is 12.1 Å². The minimum atomic E-state index is -0.737. The molecule has 0 radical (unpaired) electrons. The van der Waals surface area contributed by atoms with Crippen molar-refractivity contribution in [1.82, 2.24) is 10.2 Å². The van der Waals surface area contributed by atoms with E-state index in [-0.39, 0.29) is 24.8 Å². The Morgan fingerprint density at radius 3 is 2.54 bits per heavy atom. The number of hydrogen-bond donors (Lipinski definition) is 3. The molecule has 3 atom stereocenters. The molecule has 0 bridgehead atoms. The van der Waals surface area contributed by atoms with E-state index in [1.165, 1.54) is 4.90 Å². The highest BCUT2D eigenvalue weighted by Crippen LogP contribution is 2.24. The first kappa shape index (κ1) is 20.0. The van der Waals surface area contributed by atoms with Gasteiger partial charge in [0, 0.05) is 25.1 Å². The number of β-amino-alcohol motifs (C(OH)–C–C–N with tert-alkyl or cyclic N) is 1. The lowest BCUT2D eigenvalue weighted by atomic mass is 9.86. The van der Waals surface area contributed by atoms with Gasteiger partial charge >= 0.3 is 0 Å². The van der Waals surface area contributed by atoms with Gasteiger partial charge in [-0.3, -0.25) is 9.59 Å². The van der Waals surface area contributed by atoms with E-state index < -0.39 is 23.6 Å². The summed E-state index contributed by atoms with van der Waals surface area (Å²) in [5.41, 5.74) is 7.30. The number of likely N-dealkylation sites (tertiary alicyclic amines) is 1. The van der Waals surface area contributed by atoms with E-state index in [2.05, 4.69) is 11.2 Å². The number of aliphatic hydroxyl groups is 1. The molecule has 4 N–H and O–H groups in total. The highest BCUT2D eigenvalue weighted by molar-refractivity contribution is 5.90. The molecule has 1 aliphatic rings. The summed E-state index contributed by atoms with van der Waals surface area (Å²) in [6, 6.07) is 5.85. The molecule has 1 aromatic carbocycles. The molecule has 0 aromatic heterocycles. The van der Waals surface area contributed by atoms with Crippen LogP contribution in [0.25, 0.3) is 0 Å². The maximum absolute atomic E-state index is 12.7. The molecule has 0 spiro atoms. The van der Waals surface area contributed by atoms with E-state index in [0.717, 1.165) is 11.1 Å². The molecule has 6 heteroatoms. The SMILES string of the molecule is C#Cc1ccc(CNC(=O)C2CC(O)CN2C(=O)C(N)C(C)(C)C)cc1. The van der Waals surface area contributed by atoms with Gasteiger partial charge in [0.25, 0.3) is 0 Å². The Hall–Kier alpha value is -2.36. The van der Waals surface area contributed by atoms with Gasteiger partial charge in [-0.2, -0.15) is 0 Å². The summed E-state index contributed by atoms with van der Waals surface area (Å²) in [6.07, 6.45) is 4.81. The zero-order valence-electron chi connectivity index (χ0n) is 15.5. The molecule has 1 aliphatic heterocycles. The van der Waals surface area contributed by atoms with Crippen molar-refractivity contribution in [2.24, 2.45) is 11.1 Å². The number of aliphatic hydroxyl groups excluding tert-OH is 1.